The van der Waals surface area contributed by atoms with Crippen molar-refractivity contribution in [1.29, 1.82) is 0 Å². The van der Waals surface area contributed by atoms with Gasteiger partial charge in [0.05, 0.1) is 11.0 Å². The van der Waals surface area contributed by atoms with Crippen LogP contribution in [0.5, 0.6) is 0 Å². The van der Waals surface area contributed by atoms with Crippen LogP contribution >= 0.6 is 0 Å². The molecule has 20 heavy (non-hydrogen) atoms. The number of nitrogens with zero attached hydrogens (tertiary/aromatic N) is 2. The van der Waals surface area contributed by atoms with E-state index in [1.807, 2.05) is 20.8 Å². The van der Waals surface area contributed by atoms with Crippen molar-refractivity contribution < 1.29 is 10.0 Å². The van der Waals surface area contributed by atoms with Crippen molar-refractivity contribution in [3.05, 3.63) is 22.2 Å². The van der Waals surface area contributed by atoms with Crippen LogP contribution in [0.1, 0.15) is 27.2 Å². The van der Waals surface area contributed by atoms with Gasteiger partial charge in [0.25, 0.3) is 0 Å². The van der Waals surface area contributed by atoms with Crippen LogP contribution < -0.4 is 10.6 Å². The first-order chi connectivity index (χ1) is 9.43. The summed E-state index contributed by atoms with van der Waals surface area (Å²) in [5.41, 5.74) is -0.0941. The smallest absolute Gasteiger partial charge is 0.311 e. The third-order valence-corrected chi connectivity index (χ3v) is 2.68. The lowest BCUT2D eigenvalue weighted by Gasteiger charge is -2.14. The fourth-order valence-electron chi connectivity index (χ4n) is 1.85. The van der Waals surface area contributed by atoms with Gasteiger partial charge in [-0.25, -0.2) is 4.98 Å². The highest BCUT2D eigenvalue weighted by molar-refractivity contribution is 5.60. The minimum atomic E-state index is -0.556. The first-order valence-electron chi connectivity index (χ1n) is 6.75. The first-order valence-corrected chi connectivity index (χ1v) is 6.75. The van der Waals surface area contributed by atoms with Crippen molar-refractivity contribution in [2.45, 2.75) is 33.3 Å². The summed E-state index contributed by atoms with van der Waals surface area (Å²) in [5.74, 6) is 1.11. The van der Waals surface area contributed by atoms with E-state index >= 15 is 0 Å². The summed E-state index contributed by atoms with van der Waals surface area (Å²) in [6.07, 6.45) is 0.0763. The fourth-order valence-corrected chi connectivity index (χ4v) is 1.85. The molecule has 0 radical (unpaired) electrons. The summed E-state index contributed by atoms with van der Waals surface area (Å²) in [6.45, 7) is 6.86. The van der Waals surface area contributed by atoms with E-state index in [1.165, 1.54) is 6.07 Å². The van der Waals surface area contributed by atoms with Crippen molar-refractivity contribution in [3.8, 4) is 0 Å². The molecule has 0 aromatic carbocycles. The zero-order chi connectivity index (χ0) is 15.1. The standard InChI is InChI=1S/C13H22N4O3/c1-4-14-12-6-5-11(17(19)20)13(16-12)15-8-10(18)7-9(2)3/h5-6,9-10,18H,4,7-8H2,1-3H3,(H2,14,15,16). The zero-order valence-electron chi connectivity index (χ0n) is 12.1. The Morgan fingerprint density at radius 2 is 2.10 bits per heavy atom. The summed E-state index contributed by atoms with van der Waals surface area (Å²) in [5, 5.41) is 26.6. The van der Waals surface area contributed by atoms with Crippen molar-refractivity contribution in [1.82, 2.24) is 4.98 Å². The second kappa shape index (κ2) is 7.64. The molecule has 0 spiro atoms. The molecule has 0 saturated carbocycles. The third-order valence-electron chi connectivity index (χ3n) is 2.68. The molecule has 0 bridgehead atoms. The molecule has 3 N–H and O–H groups in total. The topological polar surface area (TPSA) is 100 Å². The number of anilines is 2. The molecule has 7 heteroatoms. The van der Waals surface area contributed by atoms with Crippen LogP contribution in [0, 0.1) is 16.0 Å². The Morgan fingerprint density at radius 3 is 2.65 bits per heavy atom. The maximum Gasteiger partial charge on any atom is 0.311 e. The van der Waals surface area contributed by atoms with Gasteiger partial charge in [-0.15, -0.1) is 0 Å². The molecule has 1 rings (SSSR count). The van der Waals surface area contributed by atoms with E-state index in [2.05, 4.69) is 15.6 Å². The van der Waals surface area contributed by atoms with E-state index in [-0.39, 0.29) is 18.1 Å². The molecule has 0 amide bonds. The second-order valence-electron chi connectivity index (χ2n) is 5.02. The monoisotopic (exact) mass is 282 g/mol. The summed E-state index contributed by atoms with van der Waals surface area (Å²) >= 11 is 0. The number of nitrogens with one attached hydrogen (secondary N) is 2. The van der Waals surface area contributed by atoms with Crippen LogP contribution in [-0.4, -0.2) is 34.2 Å². The average Bonchev–Trinajstić information content (AvgIpc) is 2.36. The Bertz CT molecular complexity index is 451. The highest BCUT2D eigenvalue weighted by atomic mass is 16.6. The molecule has 0 saturated heterocycles. The van der Waals surface area contributed by atoms with Crippen LogP contribution in [0.15, 0.2) is 12.1 Å². The number of pyridine rings is 1. The predicted molar refractivity (Wildman–Crippen MR) is 79.0 cm³/mol. The van der Waals surface area contributed by atoms with Crippen molar-refractivity contribution in [2.24, 2.45) is 5.92 Å². The van der Waals surface area contributed by atoms with Crippen LogP contribution in [0.4, 0.5) is 17.3 Å². The average molecular weight is 282 g/mol. The number of aliphatic hydroxyl groups is 1. The largest absolute Gasteiger partial charge is 0.391 e. The molecule has 1 atom stereocenters. The molecule has 1 aromatic rings. The minimum absolute atomic E-state index is 0.0941. The van der Waals surface area contributed by atoms with Gasteiger partial charge in [0.2, 0.25) is 5.82 Å². The maximum atomic E-state index is 11.0. The number of aliphatic hydroxyl groups excluding tert-OH is 1. The van der Waals surface area contributed by atoms with Crippen LogP contribution in [0.3, 0.4) is 0 Å². The quantitative estimate of drug-likeness (QED) is 0.499. The van der Waals surface area contributed by atoms with Gasteiger partial charge in [0.1, 0.15) is 5.82 Å². The van der Waals surface area contributed by atoms with Crippen LogP contribution in [0.2, 0.25) is 0 Å². The molecule has 1 aromatic heterocycles. The van der Waals surface area contributed by atoms with E-state index < -0.39 is 11.0 Å². The van der Waals surface area contributed by atoms with E-state index in [9.17, 15) is 15.2 Å². The summed E-state index contributed by atoms with van der Waals surface area (Å²) < 4.78 is 0. The van der Waals surface area contributed by atoms with Gasteiger partial charge in [0, 0.05) is 19.2 Å². The van der Waals surface area contributed by atoms with Gasteiger partial charge in [-0.2, -0.15) is 0 Å². The highest BCUT2D eigenvalue weighted by Crippen LogP contribution is 2.24. The SMILES string of the molecule is CCNc1ccc([N+](=O)[O-])c(NCC(O)CC(C)C)n1. The highest BCUT2D eigenvalue weighted by Gasteiger charge is 2.17. The van der Waals surface area contributed by atoms with Gasteiger partial charge in [-0.1, -0.05) is 13.8 Å². The lowest BCUT2D eigenvalue weighted by atomic mass is 10.1. The van der Waals surface area contributed by atoms with E-state index in [1.54, 1.807) is 6.07 Å². The summed E-state index contributed by atoms with van der Waals surface area (Å²) in [6, 6.07) is 2.97. The van der Waals surface area contributed by atoms with Crippen LogP contribution in [0.25, 0.3) is 0 Å². The molecular formula is C13H22N4O3. The van der Waals surface area contributed by atoms with Gasteiger partial charge < -0.3 is 15.7 Å². The van der Waals surface area contributed by atoms with Gasteiger partial charge in [0.15, 0.2) is 0 Å². The lowest BCUT2D eigenvalue weighted by molar-refractivity contribution is -0.384. The van der Waals surface area contributed by atoms with Gasteiger partial charge in [-0.05, 0) is 25.3 Å². The van der Waals surface area contributed by atoms with Crippen molar-refractivity contribution in [3.63, 3.8) is 0 Å². The number of aromatic nitrogens is 1. The number of rotatable bonds is 8. The lowest BCUT2D eigenvalue weighted by Crippen LogP contribution is -2.22. The molecule has 1 heterocycles. The zero-order valence-corrected chi connectivity index (χ0v) is 12.1. The minimum Gasteiger partial charge on any atom is -0.391 e. The molecule has 1 unspecified atom stereocenters. The second-order valence-corrected chi connectivity index (χ2v) is 5.02. The maximum absolute atomic E-state index is 11.0. The summed E-state index contributed by atoms with van der Waals surface area (Å²) in [7, 11) is 0. The van der Waals surface area contributed by atoms with Gasteiger partial charge >= 0.3 is 5.69 Å². The molecular weight excluding hydrogens is 260 g/mol. The number of hydrogen-bond acceptors (Lipinski definition) is 6. The van der Waals surface area contributed by atoms with E-state index in [0.29, 0.717) is 24.7 Å². The molecule has 0 aliphatic rings. The van der Waals surface area contributed by atoms with E-state index in [4.69, 9.17) is 0 Å². The van der Waals surface area contributed by atoms with Crippen molar-refractivity contribution in [2.75, 3.05) is 23.7 Å². The molecule has 0 aliphatic heterocycles. The Morgan fingerprint density at radius 1 is 1.40 bits per heavy atom. The van der Waals surface area contributed by atoms with Crippen molar-refractivity contribution >= 4 is 17.3 Å². The molecule has 112 valence electrons. The molecule has 7 nitrogen and oxygen atoms in total. The van der Waals surface area contributed by atoms with Gasteiger partial charge in [-0.3, -0.25) is 10.1 Å². The van der Waals surface area contributed by atoms with E-state index in [0.717, 1.165) is 0 Å². The Labute approximate surface area is 118 Å². The fraction of sp³-hybridized carbons (Fsp3) is 0.615. The third kappa shape index (κ3) is 5.00. The Balaban J connectivity index is 2.79. The number of nitro groups is 1. The first kappa shape index (κ1) is 16.2. The Hall–Kier alpha value is -1.89. The normalized spacial score (nSPS) is 12.2. The predicted octanol–water partition coefficient (Wildman–Crippen LogP) is 2.24. The summed E-state index contributed by atoms with van der Waals surface area (Å²) in [4.78, 5) is 14.6. The van der Waals surface area contributed by atoms with Crippen LogP contribution in [-0.2, 0) is 0 Å². The molecule has 0 aliphatic carbocycles. The molecule has 0 fully saturated rings. The Kier molecular flexibility index (Phi) is 6.17. The number of hydrogen-bond donors (Lipinski definition) is 3.